The van der Waals surface area contributed by atoms with Crippen molar-refractivity contribution in [1.82, 2.24) is 4.90 Å². The van der Waals surface area contributed by atoms with E-state index in [1.807, 2.05) is 0 Å². The van der Waals surface area contributed by atoms with Crippen molar-refractivity contribution in [1.29, 1.82) is 0 Å². The van der Waals surface area contributed by atoms with Gasteiger partial charge in [-0.2, -0.15) is 0 Å². The number of hydrogen-bond donors (Lipinski definition) is 2. The van der Waals surface area contributed by atoms with Gasteiger partial charge >= 0.3 is 0 Å². The standard InChI is InChI=1S/C9H20N4/c1-8-2-5-13(6-3-8)7-4-12-9(10)11/h8H,2-7H2,1H3,(H4,10,11,12). The summed E-state index contributed by atoms with van der Waals surface area (Å²) < 4.78 is 0. The summed E-state index contributed by atoms with van der Waals surface area (Å²) in [4.78, 5) is 6.39. The Morgan fingerprint density at radius 1 is 1.38 bits per heavy atom. The van der Waals surface area contributed by atoms with E-state index in [2.05, 4.69) is 16.8 Å². The Balaban J connectivity index is 2.12. The van der Waals surface area contributed by atoms with Crippen LogP contribution in [0.2, 0.25) is 0 Å². The quantitative estimate of drug-likeness (QED) is 0.479. The molecule has 0 aromatic heterocycles. The minimum absolute atomic E-state index is 0.199. The molecule has 76 valence electrons. The molecule has 1 fully saturated rings. The third-order valence-corrected chi connectivity index (χ3v) is 2.59. The van der Waals surface area contributed by atoms with Gasteiger partial charge in [-0.05, 0) is 31.8 Å². The molecule has 4 N–H and O–H groups in total. The molecule has 1 aliphatic heterocycles. The second-order valence-electron chi connectivity index (χ2n) is 3.83. The van der Waals surface area contributed by atoms with E-state index in [0.29, 0.717) is 0 Å². The largest absolute Gasteiger partial charge is 0.370 e. The zero-order valence-corrected chi connectivity index (χ0v) is 8.37. The number of nitrogens with zero attached hydrogens (tertiary/aromatic N) is 2. The summed E-state index contributed by atoms with van der Waals surface area (Å²) in [6.07, 6.45) is 2.61. The summed E-state index contributed by atoms with van der Waals surface area (Å²) in [6, 6.07) is 0. The highest BCUT2D eigenvalue weighted by atomic mass is 15.1. The van der Waals surface area contributed by atoms with Crippen molar-refractivity contribution in [2.24, 2.45) is 22.4 Å². The highest BCUT2D eigenvalue weighted by Crippen LogP contribution is 2.15. The predicted molar refractivity (Wildman–Crippen MR) is 55.5 cm³/mol. The second-order valence-corrected chi connectivity index (χ2v) is 3.83. The van der Waals surface area contributed by atoms with Crippen LogP contribution in [0.1, 0.15) is 19.8 Å². The summed E-state index contributed by atoms with van der Waals surface area (Å²) in [7, 11) is 0. The number of rotatable bonds is 3. The van der Waals surface area contributed by atoms with Gasteiger partial charge in [-0.25, -0.2) is 0 Å². The molecule has 0 aliphatic carbocycles. The van der Waals surface area contributed by atoms with Crippen LogP contribution >= 0.6 is 0 Å². The topological polar surface area (TPSA) is 67.6 Å². The van der Waals surface area contributed by atoms with E-state index >= 15 is 0 Å². The molecule has 1 heterocycles. The Morgan fingerprint density at radius 2 is 2.00 bits per heavy atom. The molecule has 4 nitrogen and oxygen atoms in total. The van der Waals surface area contributed by atoms with Crippen molar-refractivity contribution in [3.8, 4) is 0 Å². The second kappa shape index (κ2) is 5.07. The fraction of sp³-hybridized carbons (Fsp3) is 0.889. The Hall–Kier alpha value is -0.770. The predicted octanol–water partition coefficient (Wildman–Crippen LogP) is -0.00830. The lowest BCUT2D eigenvalue weighted by Crippen LogP contribution is -2.35. The van der Waals surface area contributed by atoms with E-state index < -0.39 is 0 Å². The maximum atomic E-state index is 5.24. The average Bonchev–Trinajstić information content (AvgIpc) is 2.08. The molecule has 0 bridgehead atoms. The maximum absolute atomic E-state index is 5.24. The Morgan fingerprint density at radius 3 is 2.54 bits per heavy atom. The van der Waals surface area contributed by atoms with Crippen LogP contribution in [-0.2, 0) is 0 Å². The fourth-order valence-electron chi connectivity index (χ4n) is 1.61. The van der Waals surface area contributed by atoms with Gasteiger partial charge in [0.1, 0.15) is 0 Å². The minimum atomic E-state index is 0.199. The zero-order chi connectivity index (χ0) is 9.68. The summed E-state index contributed by atoms with van der Waals surface area (Å²) in [5.74, 6) is 1.09. The molecule has 0 spiro atoms. The molecule has 1 saturated heterocycles. The third-order valence-electron chi connectivity index (χ3n) is 2.59. The van der Waals surface area contributed by atoms with Crippen molar-refractivity contribution in [3.05, 3.63) is 0 Å². The summed E-state index contributed by atoms with van der Waals surface area (Å²) in [5, 5.41) is 0. The molecule has 0 unspecified atom stereocenters. The van der Waals surface area contributed by atoms with Gasteiger partial charge in [0.05, 0.1) is 6.54 Å². The number of likely N-dealkylation sites (tertiary alicyclic amines) is 1. The lowest BCUT2D eigenvalue weighted by molar-refractivity contribution is 0.197. The monoisotopic (exact) mass is 184 g/mol. The number of guanidine groups is 1. The first-order chi connectivity index (χ1) is 6.18. The molecule has 0 amide bonds. The van der Waals surface area contributed by atoms with Gasteiger partial charge in [-0.15, -0.1) is 0 Å². The van der Waals surface area contributed by atoms with Crippen LogP contribution in [0.4, 0.5) is 0 Å². The normalized spacial score (nSPS) is 20.1. The van der Waals surface area contributed by atoms with Crippen molar-refractivity contribution < 1.29 is 0 Å². The van der Waals surface area contributed by atoms with Gasteiger partial charge in [0.25, 0.3) is 0 Å². The summed E-state index contributed by atoms with van der Waals surface area (Å²) in [5.41, 5.74) is 10.5. The number of nitrogens with two attached hydrogens (primary N) is 2. The molecule has 0 aromatic carbocycles. The summed E-state index contributed by atoms with van der Waals surface area (Å²) >= 11 is 0. The van der Waals surface area contributed by atoms with E-state index in [1.165, 1.54) is 25.9 Å². The molecule has 1 rings (SSSR count). The lowest BCUT2D eigenvalue weighted by atomic mass is 9.99. The molecule has 0 saturated carbocycles. The van der Waals surface area contributed by atoms with Crippen LogP contribution in [0.5, 0.6) is 0 Å². The van der Waals surface area contributed by atoms with E-state index in [4.69, 9.17) is 11.5 Å². The number of piperidine rings is 1. The highest BCUT2D eigenvalue weighted by molar-refractivity contribution is 5.75. The van der Waals surface area contributed by atoms with Crippen LogP contribution in [0.25, 0.3) is 0 Å². The van der Waals surface area contributed by atoms with Gasteiger partial charge < -0.3 is 16.4 Å². The molecular formula is C9H20N4. The number of hydrogen-bond acceptors (Lipinski definition) is 2. The number of aliphatic imine (C=N–C) groups is 1. The average molecular weight is 184 g/mol. The van der Waals surface area contributed by atoms with Crippen molar-refractivity contribution in [3.63, 3.8) is 0 Å². The van der Waals surface area contributed by atoms with Crippen molar-refractivity contribution >= 4 is 5.96 Å². The van der Waals surface area contributed by atoms with E-state index in [0.717, 1.165) is 19.0 Å². The first kappa shape index (κ1) is 10.3. The van der Waals surface area contributed by atoms with E-state index in [9.17, 15) is 0 Å². The van der Waals surface area contributed by atoms with Gasteiger partial charge in [0.2, 0.25) is 0 Å². The Kier molecular flexibility index (Phi) is 4.02. The third kappa shape index (κ3) is 4.12. The lowest BCUT2D eigenvalue weighted by Gasteiger charge is -2.29. The van der Waals surface area contributed by atoms with Gasteiger partial charge in [0, 0.05) is 6.54 Å². The molecule has 1 aliphatic rings. The van der Waals surface area contributed by atoms with Crippen LogP contribution in [0.15, 0.2) is 4.99 Å². The van der Waals surface area contributed by atoms with Crippen LogP contribution in [-0.4, -0.2) is 37.0 Å². The first-order valence-corrected chi connectivity index (χ1v) is 4.96. The van der Waals surface area contributed by atoms with Crippen LogP contribution < -0.4 is 11.5 Å². The molecule has 13 heavy (non-hydrogen) atoms. The van der Waals surface area contributed by atoms with E-state index in [1.54, 1.807) is 0 Å². The van der Waals surface area contributed by atoms with Crippen molar-refractivity contribution in [2.45, 2.75) is 19.8 Å². The zero-order valence-electron chi connectivity index (χ0n) is 8.37. The van der Waals surface area contributed by atoms with Crippen LogP contribution in [0.3, 0.4) is 0 Å². The summed E-state index contributed by atoms with van der Waals surface area (Å²) in [6.45, 7) is 6.43. The molecule has 0 radical (unpaired) electrons. The van der Waals surface area contributed by atoms with Gasteiger partial charge in [0.15, 0.2) is 5.96 Å². The molecule has 4 heteroatoms. The molecular weight excluding hydrogens is 164 g/mol. The van der Waals surface area contributed by atoms with Gasteiger partial charge in [-0.3, -0.25) is 4.99 Å². The Bertz CT molecular complexity index is 166. The van der Waals surface area contributed by atoms with Crippen molar-refractivity contribution in [2.75, 3.05) is 26.2 Å². The maximum Gasteiger partial charge on any atom is 0.185 e. The smallest absolute Gasteiger partial charge is 0.185 e. The first-order valence-electron chi connectivity index (χ1n) is 4.96. The van der Waals surface area contributed by atoms with E-state index in [-0.39, 0.29) is 5.96 Å². The minimum Gasteiger partial charge on any atom is -0.370 e. The Labute approximate surface area is 80.0 Å². The molecule has 0 aromatic rings. The van der Waals surface area contributed by atoms with Crippen LogP contribution in [0, 0.1) is 5.92 Å². The highest BCUT2D eigenvalue weighted by Gasteiger charge is 2.14. The fourth-order valence-corrected chi connectivity index (χ4v) is 1.61. The van der Waals surface area contributed by atoms with Gasteiger partial charge in [-0.1, -0.05) is 6.92 Å². The SMILES string of the molecule is CC1CCN(CCN=C(N)N)CC1. The molecule has 0 atom stereocenters.